The Bertz CT molecular complexity index is 458. The molecule has 1 aliphatic rings. The lowest BCUT2D eigenvalue weighted by Crippen LogP contribution is -2.41. The molecular weight excluding hydrogens is 259 g/mol. The first-order chi connectivity index (χ1) is 9.77. The van der Waals surface area contributed by atoms with Crippen molar-refractivity contribution in [1.29, 1.82) is 0 Å². The third-order valence-corrected chi connectivity index (χ3v) is 4.27. The molecule has 3 heteroatoms. The van der Waals surface area contributed by atoms with E-state index in [4.69, 9.17) is 9.31 Å². The fourth-order valence-corrected chi connectivity index (χ4v) is 2.06. The second-order valence-electron chi connectivity index (χ2n) is 6.17. The lowest BCUT2D eigenvalue weighted by Gasteiger charge is -2.32. The SMILES string of the molecule is C=C(CC)c1ccc(B2OC(C)(C)C(C)(C)O2)cc1.CC. The van der Waals surface area contributed by atoms with Crippen molar-refractivity contribution in [2.24, 2.45) is 0 Å². The molecule has 0 amide bonds. The zero-order chi connectivity index (χ0) is 16.3. The Kier molecular flexibility index (Phi) is 5.83. The molecule has 2 nitrogen and oxygen atoms in total. The van der Waals surface area contributed by atoms with E-state index in [9.17, 15) is 0 Å². The Morgan fingerprint density at radius 2 is 1.43 bits per heavy atom. The van der Waals surface area contributed by atoms with Crippen LogP contribution in [0.3, 0.4) is 0 Å². The first kappa shape index (κ1) is 18.0. The molecule has 0 aliphatic carbocycles. The topological polar surface area (TPSA) is 18.5 Å². The van der Waals surface area contributed by atoms with Gasteiger partial charge in [-0.15, -0.1) is 0 Å². The van der Waals surface area contributed by atoms with Crippen LogP contribution in [0.5, 0.6) is 0 Å². The van der Waals surface area contributed by atoms with Crippen LogP contribution >= 0.6 is 0 Å². The lowest BCUT2D eigenvalue weighted by molar-refractivity contribution is 0.00578. The highest BCUT2D eigenvalue weighted by atomic mass is 16.7. The van der Waals surface area contributed by atoms with Gasteiger partial charge in [-0.25, -0.2) is 0 Å². The molecule has 1 fully saturated rings. The smallest absolute Gasteiger partial charge is 0.399 e. The van der Waals surface area contributed by atoms with Crippen molar-refractivity contribution in [2.75, 3.05) is 0 Å². The van der Waals surface area contributed by atoms with E-state index >= 15 is 0 Å². The zero-order valence-corrected chi connectivity index (χ0v) is 14.6. The van der Waals surface area contributed by atoms with Gasteiger partial charge in [0.15, 0.2) is 0 Å². The molecule has 0 spiro atoms. The summed E-state index contributed by atoms with van der Waals surface area (Å²) in [5.74, 6) is 0. The molecule has 1 heterocycles. The molecule has 2 rings (SSSR count). The summed E-state index contributed by atoms with van der Waals surface area (Å²) in [7, 11) is -0.283. The first-order valence-corrected chi connectivity index (χ1v) is 7.90. The van der Waals surface area contributed by atoms with Gasteiger partial charge in [0.1, 0.15) is 0 Å². The Morgan fingerprint density at radius 1 is 1.00 bits per heavy atom. The van der Waals surface area contributed by atoms with Crippen LogP contribution in [-0.2, 0) is 9.31 Å². The summed E-state index contributed by atoms with van der Waals surface area (Å²) in [6.07, 6.45) is 0.968. The fraction of sp³-hybridized carbons (Fsp3) is 0.556. The summed E-state index contributed by atoms with van der Waals surface area (Å²) in [6, 6.07) is 8.31. The lowest BCUT2D eigenvalue weighted by atomic mass is 9.78. The van der Waals surface area contributed by atoms with Gasteiger partial charge >= 0.3 is 7.12 Å². The van der Waals surface area contributed by atoms with Gasteiger partial charge in [-0.05, 0) is 50.7 Å². The normalized spacial score (nSPS) is 18.9. The third kappa shape index (κ3) is 3.78. The molecule has 1 aromatic rings. The van der Waals surface area contributed by atoms with Crippen LogP contribution < -0.4 is 5.46 Å². The summed E-state index contributed by atoms with van der Waals surface area (Å²) in [6.45, 7) is 18.4. The van der Waals surface area contributed by atoms with Crippen LogP contribution in [0.2, 0.25) is 0 Å². The van der Waals surface area contributed by atoms with Gasteiger partial charge in [-0.2, -0.15) is 0 Å². The van der Waals surface area contributed by atoms with Crippen molar-refractivity contribution in [3.05, 3.63) is 36.4 Å². The summed E-state index contributed by atoms with van der Waals surface area (Å²) in [5.41, 5.74) is 2.82. The third-order valence-electron chi connectivity index (χ3n) is 4.27. The van der Waals surface area contributed by atoms with E-state index in [0.29, 0.717) is 0 Å². The summed E-state index contributed by atoms with van der Waals surface area (Å²) < 4.78 is 12.1. The monoisotopic (exact) mass is 288 g/mol. The molecule has 1 aliphatic heterocycles. The summed E-state index contributed by atoms with van der Waals surface area (Å²) in [4.78, 5) is 0. The van der Waals surface area contributed by atoms with Gasteiger partial charge in [0.2, 0.25) is 0 Å². The van der Waals surface area contributed by atoms with Crippen LogP contribution in [0.4, 0.5) is 0 Å². The number of rotatable bonds is 3. The first-order valence-electron chi connectivity index (χ1n) is 7.90. The van der Waals surface area contributed by atoms with Gasteiger partial charge in [-0.3, -0.25) is 0 Å². The van der Waals surface area contributed by atoms with Crippen molar-refractivity contribution in [3.63, 3.8) is 0 Å². The van der Waals surface area contributed by atoms with Crippen molar-refractivity contribution < 1.29 is 9.31 Å². The number of hydrogen-bond acceptors (Lipinski definition) is 2. The molecule has 0 radical (unpaired) electrons. The molecule has 0 atom stereocenters. The van der Waals surface area contributed by atoms with Crippen LogP contribution in [0.25, 0.3) is 5.57 Å². The van der Waals surface area contributed by atoms with Crippen LogP contribution in [0.15, 0.2) is 30.8 Å². The highest BCUT2D eigenvalue weighted by molar-refractivity contribution is 6.62. The molecule has 0 saturated carbocycles. The minimum absolute atomic E-state index is 0.283. The van der Waals surface area contributed by atoms with Crippen molar-refractivity contribution >= 4 is 18.2 Å². The molecule has 0 N–H and O–H groups in total. The van der Waals surface area contributed by atoms with Gasteiger partial charge in [-0.1, -0.05) is 51.6 Å². The van der Waals surface area contributed by atoms with Crippen LogP contribution in [0.1, 0.15) is 60.5 Å². The van der Waals surface area contributed by atoms with E-state index in [1.807, 2.05) is 13.8 Å². The van der Waals surface area contributed by atoms with E-state index in [1.54, 1.807) is 0 Å². The molecule has 1 saturated heterocycles. The molecule has 0 aromatic heterocycles. The second kappa shape index (κ2) is 6.80. The standard InChI is InChI=1S/C16H23BO2.C2H6/c1-7-12(2)13-8-10-14(11-9-13)17-18-15(3,4)16(5,6)19-17;1-2/h8-11H,2,7H2,1,3-6H3;1-2H3. The molecular formula is C18H29BO2. The van der Waals surface area contributed by atoms with Crippen molar-refractivity contribution in [2.45, 2.75) is 66.1 Å². The predicted molar refractivity (Wildman–Crippen MR) is 92.8 cm³/mol. The highest BCUT2D eigenvalue weighted by Gasteiger charge is 2.51. The Balaban J connectivity index is 0.00000106. The second-order valence-corrected chi connectivity index (χ2v) is 6.17. The van der Waals surface area contributed by atoms with Gasteiger partial charge in [0, 0.05) is 0 Å². The maximum absolute atomic E-state index is 6.03. The number of benzene rings is 1. The molecule has 21 heavy (non-hydrogen) atoms. The van der Waals surface area contributed by atoms with Crippen LogP contribution in [-0.4, -0.2) is 18.3 Å². The minimum Gasteiger partial charge on any atom is -0.399 e. The highest BCUT2D eigenvalue weighted by Crippen LogP contribution is 2.36. The van der Waals surface area contributed by atoms with Gasteiger partial charge < -0.3 is 9.31 Å². The maximum atomic E-state index is 6.03. The predicted octanol–water partition coefficient (Wildman–Crippen LogP) is 4.44. The summed E-state index contributed by atoms with van der Waals surface area (Å²) in [5, 5.41) is 0. The minimum atomic E-state index is -0.288. The Labute approximate surface area is 130 Å². The van der Waals surface area contributed by atoms with Crippen molar-refractivity contribution in [1.82, 2.24) is 0 Å². The van der Waals surface area contributed by atoms with Gasteiger partial charge in [0.05, 0.1) is 11.2 Å². The number of allylic oxidation sites excluding steroid dienone is 1. The van der Waals surface area contributed by atoms with E-state index in [-0.39, 0.29) is 18.3 Å². The van der Waals surface area contributed by atoms with Crippen molar-refractivity contribution in [3.8, 4) is 0 Å². The zero-order valence-electron chi connectivity index (χ0n) is 14.6. The average Bonchev–Trinajstić information content (AvgIpc) is 2.69. The van der Waals surface area contributed by atoms with E-state index in [2.05, 4.69) is 65.5 Å². The Morgan fingerprint density at radius 3 is 1.81 bits per heavy atom. The maximum Gasteiger partial charge on any atom is 0.494 e. The molecule has 0 unspecified atom stereocenters. The summed E-state index contributed by atoms with van der Waals surface area (Å²) >= 11 is 0. The van der Waals surface area contributed by atoms with Crippen LogP contribution in [0, 0.1) is 0 Å². The van der Waals surface area contributed by atoms with E-state index in [1.165, 1.54) is 5.56 Å². The molecule has 116 valence electrons. The number of hydrogen-bond donors (Lipinski definition) is 0. The van der Waals surface area contributed by atoms with E-state index in [0.717, 1.165) is 17.5 Å². The average molecular weight is 288 g/mol. The molecule has 1 aromatic carbocycles. The Hall–Kier alpha value is -1.06. The van der Waals surface area contributed by atoms with E-state index < -0.39 is 0 Å². The van der Waals surface area contributed by atoms with Gasteiger partial charge in [0.25, 0.3) is 0 Å². The quantitative estimate of drug-likeness (QED) is 0.766. The molecule has 0 bridgehead atoms. The fourth-order valence-electron chi connectivity index (χ4n) is 2.06. The largest absolute Gasteiger partial charge is 0.494 e.